The highest BCUT2D eigenvalue weighted by Crippen LogP contribution is 2.63. The lowest BCUT2D eigenvalue weighted by molar-refractivity contribution is -0.132. The zero-order valence-corrected chi connectivity index (χ0v) is 31.0. The van der Waals surface area contributed by atoms with E-state index in [2.05, 4.69) is 70.3 Å². The molecule has 10 heteroatoms. The molecular formula is C38H60N5O4P. The molecule has 9 unspecified atom stereocenters. The molecule has 0 aromatic rings. The number of carbonyl (C=O) groups is 1. The third kappa shape index (κ3) is 7.87. The van der Waals surface area contributed by atoms with Gasteiger partial charge in [0.15, 0.2) is 6.29 Å². The fourth-order valence-electron chi connectivity index (χ4n) is 10.6. The summed E-state index contributed by atoms with van der Waals surface area (Å²) in [5.41, 5.74) is 9.05. The summed E-state index contributed by atoms with van der Waals surface area (Å²) < 4.78 is 12.0. The van der Waals surface area contributed by atoms with Crippen LogP contribution in [0.1, 0.15) is 99.3 Å². The Balaban J connectivity index is 1.06. The number of aliphatic imine (C=N–C) groups is 1. The zero-order chi connectivity index (χ0) is 34.4. The van der Waals surface area contributed by atoms with Gasteiger partial charge in [-0.25, -0.2) is 5.01 Å². The quantitative estimate of drug-likeness (QED) is 0.0562. The van der Waals surface area contributed by atoms with Crippen LogP contribution in [-0.2, 0) is 14.1 Å². The topological polar surface area (TPSA) is 135 Å². The number of nitrogens with two attached hydrogens (primary N) is 2. The molecule has 6 N–H and O–H groups in total. The molecule has 48 heavy (non-hydrogen) atoms. The van der Waals surface area contributed by atoms with Crippen molar-refractivity contribution in [1.29, 1.82) is 0 Å². The second-order valence-corrected chi connectivity index (χ2v) is 17.8. The Labute approximate surface area is 289 Å². The minimum absolute atomic E-state index is 0.0171. The number of Topliss-reactive ketones (excluding diaryl/α,β-unsaturated/α-hetero) is 1. The van der Waals surface area contributed by atoms with Crippen LogP contribution < -0.4 is 16.9 Å². The van der Waals surface area contributed by atoms with E-state index in [4.69, 9.17) is 25.8 Å². The van der Waals surface area contributed by atoms with Crippen molar-refractivity contribution in [2.24, 2.45) is 51.6 Å². The van der Waals surface area contributed by atoms with Crippen molar-refractivity contribution in [2.45, 2.75) is 129 Å². The van der Waals surface area contributed by atoms with Crippen LogP contribution in [0.4, 0.5) is 0 Å². The molecule has 0 aromatic carbocycles. The molecule has 6 aliphatic rings. The average molecular weight is 682 g/mol. The van der Waals surface area contributed by atoms with E-state index in [1.54, 1.807) is 11.9 Å². The monoisotopic (exact) mass is 681 g/mol. The van der Waals surface area contributed by atoms with Gasteiger partial charge in [-0.3, -0.25) is 15.6 Å². The minimum atomic E-state index is -0.772. The minimum Gasteiger partial charge on any atom is -0.476 e. The first kappa shape index (κ1) is 35.9. The number of fused-ring (bicyclic) bond motifs is 5. The molecular weight excluding hydrogens is 621 g/mol. The number of hydrogen-bond donors (Lipinski definition) is 4. The molecule has 4 fully saturated rings. The van der Waals surface area contributed by atoms with Gasteiger partial charge in [-0.1, -0.05) is 25.2 Å². The number of carbonyl (C=O) groups excluding carboxylic acids is 1. The number of rotatable bonds is 10. The van der Waals surface area contributed by atoms with Crippen molar-refractivity contribution >= 4 is 20.4 Å². The standard InChI is InChI=1S/C38H60N5O4P/c1-23(44)46-28-12-14-29-25(17-28)9-13-30-32-15-16-33(45)38(32,6)20-31(35(29)30)24-7-10-27(11-8-24)47-48-22-43(40)21-34(39)41-26-18-36(2,3)42-37(4,5)19-26/h7,10-11,14,17,23-24,26,28,30-32,35,42,44,48H,8-9,12-13,15-16,18-22,40H2,1-6H3,(H2,39,41). The van der Waals surface area contributed by atoms with E-state index >= 15 is 0 Å². The highest BCUT2D eigenvalue weighted by molar-refractivity contribution is 7.32. The molecule has 0 bridgehead atoms. The number of nitrogens with one attached hydrogen (secondary N) is 1. The summed E-state index contributed by atoms with van der Waals surface area (Å²) in [5, 5.41) is 15.2. The van der Waals surface area contributed by atoms with Gasteiger partial charge in [0.05, 0.1) is 33.8 Å². The fourth-order valence-corrected chi connectivity index (χ4v) is 11.3. The Hall–Kier alpha value is -1.87. The van der Waals surface area contributed by atoms with Crippen molar-refractivity contribution in [3.8, 4) is 0 Å². The van der Waals surface area contributed by atoms with Crippen molar-refractivity contribution in [1.82, 2.24) is 10.3 Å². The summed E-state index contributed by atoms with van der Waals surface area (Å²) in [5.74, 6) is 10.5. The van der Waals surface area contributed by atoms with Gasteiger partial charge in [-0.15, -0.1) is 0 Å². The second-order valence-electron chi connectivity index (χ2n) is 17.0. The van der Waals surface area contributed by atoms with E-state index in [1.807, 2.05) is 0 Å². The van der Waals surface area contributed by atoms with Crippen molar-refractivity contribution in [3.05, 3.63) is 47.3 Å². The highest BCUT2D eigenvalue weighted by atomic mass is 31.1. The molecule has 0 spiro atoms. The summed E-state index contributed by atoms with van der Waals surface area (Å²) in [4.78, 5) is 18.2. The number of ketones is 1. The molecule has 9 atom stereocenters. The second kappa shape index (κ2) is 14.0. The van der Waals surface area contributed by atoms with Crippen LogP contribution in [0, 0.1) is 35.0 Å². The van der Waals surface area contributed by atoms with Gasteiger partial charge in [0.2, 0.25) is 0 Å². The third-order valence-electron chi connectivity index (χ3n) is 12.0. The molecule has 0 amide bonds. The number of allylic oxidation sites excluding steroid dienone is 5. The van der Waals surface area contributed by atoms with E-state index in [1.165, 1.54) is 11.1 Å². The predicted octanol–water partition coefficient (Wildman–Crippen LogP) is 5.87. The van der Waals surface area contributed by atoms with Gasteiger partial charge in [0, 0.05) is 22.9 Å². The Morgan fingerprint density at radius 2 is 1.85 bits per heavy atom. The van der Waals surface area contributed by atoms with Crippen molar-refractivity contribution in [3.63, 3.8) is 0 Å². The van der Waals surface area contributed by atoms with Crippen LogP contribution in [0.2, 0.25) is 0 Å². The maximum Gasteiger partial charge on any atom is 0.152 e. The van der Waals surface area contributed by atoms with Crippen molar-refractivity contribution < 1.29 is 19.2 Å². The smallest absolute Gasteiger partial charge is 0.152 e. The molecule has 266 valence electrons. The van der Waals surface area contributed by atoms with Gasteiger partial charge in [0.25, 0.3) is 0 Å². The Morgan fingerprint density at radius 1 is 1.10 bits per heavy atom. The molecule has 1 saturated heterocycles. The summed E-state index contributed by atoms with van der Waals surface area (Å²) in [7, 11) is 0.189. The number of amidine groups is 1. The number of nitrogens with zero attached hydrogens (tertiary/aromatic N) is 2. The first-order valence-electron chi connectivity index (χ1n) is 18.3. The maximum absolute atomic E-state index is 13.4. The fraction of sp³-hybridized carbons (Fsp3) is 0.737. The van der Waals surface area contributed by atoms with Gasteiger partial charge < -0.3 is 25.4 Å². The zero-order valence-electron chi connectivity index (χ0n) is 30.0. The average Bonchev–Trinajstić information content (AvgIpc) is 3.28. The first-order chi connectivity index (χ1) is 22.6. The molecule has 1 aliphatic heterocycles. The van der Waals surface area contributed by atoms with Crippen molar-refractivity contribution in [2.75, 3.05) is 12.8 Å². The van der Waals surface area contributed by atoms with E-state index in [0.717, 1.165) is 63.5 Å². The SMILES string of the molecule is CC(O)OC1C=C2CCC3C(C2=CC1)C(C1C=CC(OPCN(N)CC(N)=NC2CC(C)(C)NC(C)(C)C2)=CC1)CC1(C)C(=O)CCC31. The Kier molecular flexibility index (Phi) is 10.5. The van der Waals surface area contributed by atoms with Crippen LogP contribution >= 0.6 is 8.81 Å². The Bertz CT molecular complexity index is 1370. The highest BCUT2D eigenvalue weighted by Gasteiger charge is 2.59. The lowest BCUT2D eigenvalue weighted by atomic mass is 9.49. The van der Waals surface area contributed by atoms with Gasteiger partial charge >= 0.3 is 0 Å². The molecule has 1 heterocycles. The largest absolute Gasteiger partial charge is 0.476 e. The number of piperidine rings is 1. The summed E-state index contributed by atoms with van der Waals surface area (Å²) in [6, 6.07) is 0.181. The number of hydrogen-bond acceptors (Lipinski definition) is 8. The van der Waals surface area contributed by atoms with E-state index < -0.39 is 6.29 Å². The van der Waals surface area contributed by atoms with Crippen LogP contribution in [0.5, 0.6) is 0 Å². The van der Waals surface area contributed by atoms with Crippen LogP contribution in [-0.4, -0.2) is 64.1 Å². The molecule has 3 saturated carbocycles. The molecule has 6 rings (SSSR count). The number of aliphatic hydroxyl groups is 1. The third-order valence-corrected chi connectivity index (χ3v) is 12.9. The molecule has 0 radical (unpaired) electrons. The number of hydrazine groups is 1. The summed E-state index contributed by atoms with van der Waals surface area (Å²) >= 11 is 0. The van der Waals surface area contributed by atoms with E-state index in [0.29, 0.717) is 54.0 Å². The normalized spacial score (nSPS) is 37.1. The first-order valence-corrected chi connectivity index (χ1v) is 19.4. The van der Waals surface area contributed by atoms with Crippen LogP contribution in [0.25, 0.3) is 0 Å². The van der Waals surface area contributed by atoms with Gasteiger partial charge in [-0.2, -0.15) is 0 Å². The Morgan fingerprint density at radius 3 is 2.54 bits per heavy atom. The lowest BCUT2D eigenvalue weighted by Gasteiger charge is -2.55. The van der Waals surface area contributed by atoms with Gasteiger partial charge in [-0.05, 0) is 139 Å². The van der Waals surface area contributed by atoms with Gasteiger partial charge in [0.1, 0.15) is 17.4 Å². The van der Waals surface area contributed by atoms with Crippen LogP contribution in [0.3, 0.4) is 0 Å². The summed E-state index contributed by atoms with van der Waals surface area (Å²) in [6.07, 6.45) is 19.6. The molecule has 5 aliphatic carbocycles. The lowest BCUT2D eigenvalue weighted by Crippen LogP contribution is -2.59. The molecule has 0 aromatic heterocycles. The molecule has 9 nitrogen and oxygen atoms in total. The van der Waals surface area contributed by atoms with E-state index in [-0.39, 0.29) is 37.4 Å². The summed E-state index contributed by atoms with van der Waals surface area (Å²) in [6.45, 7) is 13.2. The van der Waals surface area contributed by atoms with E-state index in [9.17, 15) is 9.90 Å². The maximum atomic E-state index is 13.4. The van der Waals surface area contributed by atoms with Crippen LogP contribution in [0.15, 0.2) is 52.3 Å². The number of ether oxygens (including phenoxy) is 1. The number of aliphatic hydroxyl groups excluding tert-OH is 1. The predicted molar refractivity (Wildman–Crippen MR) is 194 cm³/mol.